The first-order chi connectivity index (χ1) is 14.0. The van der Waals surface area contributed by atoms with E-state index in [2.05, 4.69) is 10.2 Å². The minimum Gasteiger partial charge on any atom is -0.534 e. The van der Waals surface area contributed by atoms with Crippen LogP contribution in [0.4, 0.5) is 0 Å². The summed E-state index contributed by atoms with van der Waals surface area (Å²) >= 11 is 2.72. The van der Waals surface area contributed by atoms with Crippen LogP contribution in [0.2, 0.25) is 0 Å². The molecule has 1 atom stereocenters. The highest BCUT2D eigenvalue weighted by atomic mass is 32.2. The van der Waals surface area contributed by atoms with Gasteiger partial charge < -0.3 is 23.9 Å². The van der Waals surface area contributed by atoms with Crippen LogP contribution in [0.15, 0.2) is 22.0 Å². The molecule has 0 saturated carbocycles. The highest BCUT2D eigenvalue weighted by Crippen LogP contribution is 2.40. The number of hydrogen-bond acceptors (Lipinski definition) is 11. The van der Waals surface area contributed by atoms with Gasteiger partial charge in [0.15, 0.2) is 4.34 Å². The molecule has 0 amide bonds. The van der Waals surface area contributed by atoms with Crippen LogP contribution in [0.25, 0.3) is 0 Å². The summed E-state index contributed by atoms with van der Waals surface area (Å²) in [5.74, 6) is -0.803. The number of hydrogen-bond donors (Lipinski definition) is 1. The van der Waals surface area contributed by atoms with Crippen molar-refractivity contribution in [2.45, 2.75) is 35.7 Å². The maximum atomic E-state index is 12.6. The van der Waals surface area contributed by atoms with E-state index in [0.29, 0.717) is 22.7 Å². The van der Waals surface area contributed by atoms with E-state index < -0.39 is 25.8 Å². The number of aromatic nitrogens is 2. The van der Waals surface area contributed by atoms with Crippen LogP contribution in [-0.2, 0) is 20.7 Å². The van der Waals surface area contributed by atoms with Crippen LogP contribution in [0.1, 0.15) is 35.7 Å². The third kappa shape index (κ3) is 5.20. The van der Waals surface area contributed by atoms with Gasteiger partial charge in [-0.25, -0.2) is 4.79 Å². The summed E-state index contributed by atoms with van der Waals surface area (Å²) in [5.41, 5.74) is 2.36. The first-order valence-corrected chi connectivity index (χ1v) is 10.6. The minimum atomic E-state index is -1.17. The summed E-state index contributed by atoms with van der Waals surface area (Å²) in [6.07, 6.45) is 1.32. The number of esters is 2. The predicted molar refractivity (Wildman–Crippen MR) is 106 cm³/mol. The average Bonchev–Trinajstić information content (AvgIpc) is 3.21. The molecule has 12 heteroatoms. The number of carbonyl (C=O) groups is 2. The number of carbonyl (C=O) groups excluding carboxylic acids is 2. The summed E-state index contributed by atoms with van der Waals surface area (Å²) in [5, 5.41) is 17.9. The van der Waals surface area contributed by atoms with Gasteiger partial charge in [-0.05, 0) is 24.5 Å². The van der Waals surface area contributed by atoms with Crippen molar-refractivity contribution in [1.29, 1.82) is 0 Å². The van der Waals surface area contributed by atoms with Crippen molar-refractivity contribution in [3.05, 3.63) is 28.8 Å². The molecule has 2 heterocycles. The SMILES string of the molecule is CCCC(=O)OCOC(=O)c1c(OC)ccc2c1OB(O)C(Sc1nncs1)C2. The van der Waals surface area contributed by atoms with E-state index >= 15 is 0 Å². The summed E-state index contributed by atoms with van der Waals surface area (Å²) in [6.45, 7) is 1.33. The summed E-state index contributed by atoms with van der Waals surface area (Å²) in [7, 11) is 0.241. The Bertz CT molecular complexity index is 866. The molecular weight excluding hydrogens is 419 g/mol. The molecule has 0 spiro atoms. The number of benzene rings is 1. The molecular formula is C17H19BN2O7S2. The van der Waals surface area contributed by atoms with Gasteiger partial charge in [0.25, 0.3) is 0 Å². The molecule has 1 aromatic heterocycles. The van der Waals surface area contributed by atoms with Crippen LogP contribution < -0.4 is 9.39 Å². The highest BCUT2D eigenvalue weighted by molar-refractivity contribution is 8.02. The monoisotopic (exact) mass is 438 g/mol. The fraction of sp³-hybridized carbons (Fsp3) is 0.412. The van der Waals surface area contributed by atoms with Gasteiger partial charge in [0, 0.05) is 6.42 Å². The Morgan fingerprint density at radius 1 is 1.41 bits per heavy atom. The minimum absolute atomic E-state index is 0.0370. The Balaban J connectivity index is 1.76. The molecule has 0 saturated heterocycles. The van der Waals surface area contributed by atoms with E-state index in [1.54, 1.807) is 17.6 Å². The number of fused-ring (bicyclic) bond motifs is 1. The molecule has 0 radical (unpaired) electrons. The third-order valence-corrected chi connectivity index (χ3v) is 6.10. The second-order valence-corrected chi connectivity index (χ2v) is 8.34. The van der Waals surface area contributed by atoms with Gasteiger partial charge in [0.2, 0.25) is 6.79 Å². The molecule has 0 bridgehead atoms. The average molecular weight is 438 g/mol. The van der Waals surface area contributed by atoms with E-state index in [0.717, 1.165) is 0 Å². The first kappa shape index (κ1) is 21.4. The largest absolute Gasteiger partial charge is 0.537 e. The van der Waals surface area contributed by atoms with Crippen LogP contribution in [0, 0.1) is 0 Å². The van der Waals surface area contributed by atoms with Crippen molar-refractivity contribution in [3.63, 3.8) is 0 Å². The molecule has 2 aromatic rings. The molecule has 29 heavy (non-hydrogen) atoms. The van der Waals surface area contributed by atoms with Crippen molar-refractivity contribution in [1.82, 2.24) is 10.2 Å². The number of ether oxygens (including phenoxy) is 3. The molecule has 0 aliphatic carbocycles. The molecule has 1 unspecified atom stereocenters. The lowest BCUT2D eigenvalue weighted by Crippen LogP contribution is -2.40. The molecule has 154 valence electrons. The smallest absolute Gasteiger partial charge is 0.534 e. The number of thioether (sulfide) groups is 1. The second kappa shape index (κ2) is 9.94. The zero-order valence-electron chi connectivity index (χ0n) is 15.8. The highest BCUT2D eigenvalue weighted by Gasteiger charge is 2.39. The fourth-order valence-corrected chi connectivity index (χ4v) is 4.51. The molecule has 1 aliphatic rings. The van der Waals surface area contributed by atoms with E-state index in [1.807, 2.05) is 6.92 Å². The van der Waals surface area contributed by atoms with E-state index in [1.165, 1.54) is 30.2 Å². The van der Waals surface area contributed by atoms with E-state index in [-0.39, 0.29) is 28.6 Å². The Morgan fingerprint density at radius 3 is 2.93 bits per heavy atom. The van der Waals surface area contributed by atoms with Crippen LogP contribution >= 0.6 is 23.1 Å². The summed E-state index contributed by atoms with van der Waals surface area (Å²) in [4.78, 5) is 24.0. The van der Waals surface area contributed by atoms with Crippen molar-refractivity contribution in [2.24, 2.45) is 0 Å². The predicted octanol–water partition coefficient (Wildman–Crippen LogP) is 2.12. The molecule has 1 aromatic carbocycles. The van der Waals surface area contributed by atoms with Gasteiger partial charge in [-0.3, -0.25) is 4.79 Å². The number of rotatable bonds is 8. The summed E-state index contributed by atoms with van der Waals surface area (Å²) < 4.78 is 21.5. The van der Waals surface area contributed by atoms with Crippen molar-refractivity contribution >= 4 is 42.2 Å². The van der Waals surface area contributed by atoms with Crippen molar-refractivity contribution < 1.29 is 33.5 Å². The zero-order valence-corrected chi connectivity index (χ0v) is 17.5. The Kier molecular flexibility index (Phi) is 7.34. The standard InChI is InChI=1S/C17H19BN2O7S2/c1-3-4-13(21)25-9-26-16(22)14-11(24-2)6-5-10-7-12(18(23)27-15(10)14)29-17-20-19-8-28-17/h5-6,8,12,23H,3-4,7,9H2,1-2H3. The fourth-order valence-electron chi connectivity index (χ4n) is 2.72. The van der Waals surface area contributed by atoms with Gasteiger partial charge in [0.1, 0.15) is 22.6 Å². The Morgan fingerprint density at radius 2 is 2.24 bits per heavy atom. The van der Waals surface area contributed by atoms with Gasteiger partial charge in [-0.2, -0.15) is 0 Å². The Hall–Kier alpha value is -2.31. The van der Waals surface area contributed by atoms with E-state index in [9.17, 15) is 14.6 Å². The van der Waals surface area contributed by atoms with Crippen LogP contribution in [-0.4, -0.2) is 53.3 Å². The normalized spacial score (nSPS) is 15.3. The maximum absolute atomic E-state index is 12.6. The quantitative estimate of drug-likeness (QED) is 0.373. The Labute approximate surface area is 175 Å². The molecule has 1 aliphatic heterocycles. The summed E-state index contributed by atoms with van der Waals surface area (Å²) in [6, 6.07) is 3.40. The van der Waals surface area contributed by atoms with Gasteiger partial charge in [0.05, 0.1) is 12.3 Å². The molecule has 3 rings (SSSR count). The lowest BCUT2D eigenvalue weighted by Gasteiger charge is -2.28. The van der Waals surface area contributed by atoms with E-state index in [4.69, 9.17) is 18.9 Å². The molecule has 9 nitrogen and oxygen atoms in total. The van der Waals surface area contributed by atoms with Crippen molar-refractivity contribution in [2.75, 3.05) is 13.9 Å². The molecule has 1 N–H and O–H groups in total. The van der Waals surface area contributed by atoms with Gasteiger partial charge >= 0.3 is 19.1 Å². The first-order valence-electron chi connectivity index (χ1n) is 8.83. The maximum Gasteiger partial charge on any atom is 0.537 e. The zero-order chi connectivity index (χ0) is 20.8. The number of nitrogens with zero attached hydrogens (tertiary/aromatic N) is 2. The number of methoxy groups -OCH3 is 1. The van der Waals surface area contributed by atoms with Gasteiger partial charge in [-0.1, -0.05) is 36.1 Å². The van der Waals surface area contributed by atoms with Crippen LogP contribution in [0.5, 0.6) is 11.5 Å². The lowest BCUT2D eigenvalue weighted by atomic mass is 9.77. The topological polar surface area (TPSA) is 117 Å². The van der Waals surface area contributed by atoms with Crippen molar-refractivity contribution in [3.8, 4) is 11.5 Å². The van der Waals surface area contributed by atoms with Gasteiger partial charge in [-0.15, -0.1) is 10.2 Å². The second-order valence-electron chi connectivity index (χ2n) is 6.02. The third-order valence-electron chi connectivity index (χ3n) is 4.06. The molecule has 0 fully saturated rings. The lowest BCUT2D eigenvalue weighted by molar-refractivity contribution is -0.152. The van der Waals surface area contributed by atoms with Crippen LogP contribution in [0.3, 0.4) is 0 Å².